The summed E-state index contributed by atoms with van der Waals surface area (Å²) in [5.41, 5.74) is 0. The van der Waals surface area contributed by atoms with Gasteiger partial charge in [0, 0.05) is 6.42 Å². The van der Waals surface area contributed by atoms with Crippen LogP contribution in [0.5, 0.6) is 0 Å². The maximum absolute atomic E-state index is 11.1. The number of ether oxygens (including phenoxy) is 1. The zero-order valence-electron chi connectivity index (χ0n) is 10.3. The molecule has 2 nitrogen and oxygen atoms in total. The van der Waals surface area contributed by atoms with Gasteiger partial charge in [0.2, 0.25) is 0 Å². The second-order valence-electron chi connectivity index (χ2n) is 5.50. The Labute approximate surface area is 99.4 Å². The number of esters is 1. The molecule has 2 aliphatic rings. The second-order valence-corrected chi connectivity index (χ2v) is 5.50. The van der Waals surface area contributed by atoms with Crippen molar-refractivity contribution in [2.24, 2.45) is 0 Å². The van der Waals surface area contributed by atoms with Crippen LogP contribution >= 0.6 is 0 Å². The smallest absolute Gasteiger partial charge is 0.305 e. The fourth-order valence-corrected chi connectivity index (χ4v) is 3.56. The monoisotopic (exact) mass is 221 g/mol. The summed E-state index contributed by atoms with van der Waals surface area (Å²) in [6.07, 6.45) is 11.1. The molecular formula is C13H22BO2. The molecular weight excluding hydrogens is 199 g/mol. The molecule has 1 radical (unpaired) electrons. The predicted octanol–water partition coefficient (Wildman–Crippen LogP) is 3.35. The molecule has 0 aromatic carbocycles. The van der Waals surface area contributed by atoms with Gasteiger partial charge in [-0.3, -0.25) is 4.79 Å². The van der Waals surface area contributed by atoms with Gasteiger partial charge in [-0.05, 0) is 6.42 Å². The van der Waals surface area contributed by atoms with Crippen molar-refractivity contribution < 1.29 is 9.53 Å². The van der Waals surface area contributed by atoms with Crippen molar-refractivity contribution in [2.75, 3.05) is 7.11 Å². The summed E-state index contributed by atoms with van der Waals surface area (Å²) in [6, 6.07) is 0. The van der Waals surface area contributed by atoms with Gasteiger partial charge in [-0.1, -0.05) is 56.1 Å². The fourth-order valence-electron chi connectivity index (χ4n) is 3.56. The Morgan fingerprint density at radius 3 is 2.69 bits per heavy atom. The lowest BCUT2D eigenvalue weighted by atomic mass is 9.35. The first-order valence-electron chi connectivity index (χ1n) is 6.67. The molecule has 2 fully saturated rings. The Hall–Kier alpha value is -0.465. The maximum Gasteiger partial charge on any atom is 0.305 e. The van der Waals surface area contributed by atoms with E-state index in [2.05, 4.69) is 7.28 Å². The Balaban J connectivity index is 1.80. The number of fused-ring (bicyclic) bond motifs is 2. The molecule has 2 bridgehead atoms. The van der Waals surface area contributed by atoms with Crippen molar-refractivity contribution in [3.05, 3.63) is 0 Å². The highest BCUT2D eigenvalue weighted by Crippen LogP contribution is 2.54. The Bertz CT molecular complexity index is 242. The molecule has 0 N–H and O–H groups in total. The van der Waals surface area contributed by atoms with Crippen molar-refractivity contribution >= 4 is 13.2 Å². The summed E-state index contributed by atoms with van der Waals surface area (Å²) in [4.78, 5) is 11.1. The zero-order valence-corrected chi connectivity index (χ0v) is 10.3. The number of hydrogen-bond donors (Lipinski definition) is 0. The van der Waals surface area contributed by atoms with E-state index in [0.717, 1.165) is 12.2 Å². The van der Waals surface area contributed by atoms with Gasteiger partial charge in [-0.15, -0.1) is 0 Å². The quantitative estimate of drug-likeness (QED) is 0.537. The Kier molecular flexibility index (Phi) is 3.93. The minimum Gasteiger partial charge on any atom is -0.469 e. The number of carbonyl (C=O) groups is 1. The lowest BCUT2D eigenvalue weighted by molar-refractivity contribution is -0.140. The van der Waals surface area contributed by atoms with E-state index < -0.39 is 0 Å². The Morgan fingerprint density at radius 2 is 2.06 bits per heavy atom. The average molecular weight is 221 g/mol. The number of methoxy groups -OCH3 is 1. The largest absolute Gasteiger partial charge is 0.469 e. The van der Waals surface area contributed by atoms with Crippen LogP contribution in [0.1, 0.15) is 57.8 Å². The van der Waals surface area contributed by atoms with Crippen LogP contribution in [0.15, 0.2) is 0 Å². The molecule has 0 unspecified atom stereocenters. The molecule has 2 rings (SSSR count). The molecule has 3 heteroatoms. The van der Waals surface area contributed by atoms with Crippen LogP contribution in [0.25, 0.3) is 0 Å². The third kappa shape index (κ3) is 2.80. The van der Waals surface area contributed by atoms with Gasteiger partial charge in [0.05, 0.1) is 7.11 Å². The molecule has 0 spiro atoms. The van der Waals surface area contributed by atoms with Crippen LogP contribution in [0, 0.1) is 0 Å². The minimum absolute atomic E-state index is 0.0560. The van der Waals surface area contributed by atoms with Gasteiger partial charge >= 0.3 is 5.97 Å². The van der Waals surface area contributed by atoms with Crippen molar-refractivity contribution in [2.45, 2.75) is 68.9 Å². The summed E-state index contributed by atoms with van der Waals surface area (Å²) in [6.45, 7) is 0. The van der Waals surface area contributed by atoms with Gasteiger partial charge in [-0.2, -0.15) is 0 Å². The first-order valence-corrected chi connectivity index (χ1v) is 6.67. The van der Waals surface area contributed by atoms with Crippen molar-refractivity contribution in [3.63, 3.8) is 0 Å². The molecule has 0 atom stereocenters. The fraction of sp³-hybridized carbons (Fsp3) is 0.923. The number of hydrogen-bond acceptors (Lipinski definition) is 2. The van der Waals surface area contributed by atoms with E-state index >= 15 is 0 Å². The van der Waals surface area contributed by atoms with E-state index in [-0.39, 0.29) is 5.97 Å². The van der Waals surface area contributed by atoms with E-state index in [1.54, 1.807) is 0 Å². The molecule has 2 saturated heterocycles. The zero-order chi connectivity index (χ0) is 11.4. The first kappa shape index (κ1) is 12.0. The maximum atomic E-state index is 11.1. The van der Waals surface area contributed by atoms with Crippen molar-refractivity contribution in [1.29, 1.82) is 0 Å². The van der Waals surface area contributed by atoms with Crippen molar-refractivity contribution in [1.82, 2.24) is 0 Å². The predicted molar refractivity (Wildman–Crippen MR) is 65.8 cm³/mol. The van der Waals surface area contributed by atoms with Crippen LogP contribution in [0.4, 0.5) is 0 Å². The van der Waals surface area contributed by atoms with E-state index in [0.29, 0.717) is 11.7 Å². The molecule has 0 aliphatic carbocycles. The van der Waals surface area contributed by atoms with Gasteiger partial charge in [0.15, 0.2) is 0 Å². The first-order chi connectivity index (χ1) is 7.74. The van der Waals surface area contributed by atoms with E-state index in [1.807, 2.05) is 0 Å². The molecule has 89 valence electrons. The van der Waals surface area contributed by atoms with Crippen molar-refractivity contribution in [3.8, 4) is 0 Å². The highest BCUT2D eigenvalue weighted by atomic mass is 16.5. The van der Waals surface area contributed by atoms with Gasteiger partial charge in [0.25, 0.3) is 0 Å². The molecule has 16 heavy (non-hydrogen) atoms. The number of carbonyl (C=O) groups excluding carboxylic acids is 1. The normalized spacial score (nSPS) is 32.9. The van der Waals surface area contributed by atoms with Crippen LogP contribution in [0.3, 0.4) is 0 Å². The SMILES string of the molecule is COC(=O)CCCC12[B]C(CCC1)CCC2. The molecule has 0 aromatic heterocycles. The Morgan fingerprint density at radius 1 is 1.38 bits per heavy atom. The minimum atomic E-state index is -0.0560. The van der Waals surface area contributed by atoms with Crippen LogP contribution < -0.4 is 0 Å². The lowest BCUT2D eigenvalue weighted by Gasteiger charge is -2.45. The highest BCUT2D eigenvalue weighted by Gasteiger charge is 2.39. The van der Waals surface area contributed by atoms with Crippen LogP contribution in [-0.2, 0) is 9.53 Å². The number of rotatable bonds is 4. The summed E-state index contributed by atoms with van der Waals surface area (Å²) < 4.78 is 4.69. The summed E-state index contributed by atoms with van der Waals surface area (Å²) >= 11 is 0. The van der Waals surface area contributed by atoms with Gasteiger partial charge in [0.1, 0.15) is 7.28 Å². The van der Waals surface area contributed by atoms with Gasteiger partial charge < -0.3 is 4.74 Å². The van der Waals surface area contributed by atoms with E-state index in [1.165, 1.54) is 52.1 Å². The molecule has 2 heterocycles. The van der Waals surface area contributed by atoms with Crippen LogP contribution in [-0.4, -0.2) is 20.4 Å². The summed E-state index contributed by atoms with van der Waals surface area (Å²) in [5.74, 6) is 0.820. The van der Waals surface area contributed by atoms with Gasteiger partial charge in [-0.25, -0.2) is 0 Å². The third-order valence-electron chi connectivity index (χ3n) is 4.37. The van der Waals surface area contributed by atoms with E-state index in [9.17, 15) is 4.79 Å². The third-order valence-corrected chi connectivity index (χ3v) is 4.37. The highest BCUT2D eigenvalue weighted by molar-refractivity contribution is 6.42. The summed E-state index contributed by atoms with van der Waals surface area (Å²) in [7, 11) is 4.10. The second kappa shape index (κ2) is 5.24. The topological polar surface area (TPSA) is 26.3 Å². The van der Waals surface area contributed by atoms with Crippen LogP contribution in [0.2, 0.25) is 11.1 Å². The molecule has 2 aliphatic heterocycles. The molecule has 0 aromatic rings. The standard InChI is InChI=1S/C13H22BO2/c1-16-12(15)7-4-10-13-8-2-5-11(14-13)6-3-9-13/h11H,2-10H2,1H3. The average Bonchev–Trinajstić information content (AvgIpc) is 2.29. The summed E-state index contributed by atoms with van der Waals surface area (Å²) in [5, 5.41) is 0.481. The molecule has 0 saturated carbocycles. The molecule has 0 amide bonds. The lowest BCUT2D eigenvalue weighted by Crippen LogP contribution is -2.32. The van der Waals surface area contributed by atoms with E-state index in [4.69, 9.17) is 4.74 Å².